The van der Waals surface area contributed by atoms with Crippen LogP contribution in [0.25, 0.3) is 11.5 Å². The lowest BCUT2D eigenvalue weighted by Crippen LogP contribution is -2.44. The second kappa shape index (κ2) is 8.55. The molecule has 0 spiro atoms. The van der Waals surface area contributed by atoms with E-state index in [0.29, 0.717) is 12.6 Å². The zero-order chi connectivity index (χ0) is 24.2. The fraction of sp³-hybridized carbons (Fsp3) is 0.500. The summed E-state index contributed by atoms with van der Waals surface area (Å²) >= 11 is 0. The molecule has 7 rings (SSSR count). The van der Waals surface area contributed by atoms with Crippen LogP contribution in [0.1, 0.15) is 61.0 Å². The Kier molecular flexibility index (Phi) is 5.16. The van der Waals surface area contributed by atoms with Gasteiger partial charge < -0.3 is 24.4 Å². The van der Waals surface area contributed by atoms with Crippen LogP contribution < -0.4 is 5.32 Å². The SMILES string of the molecule is C[C@H]1CCc2nnc(-c3cccc(NC4OC4c4cc5c(cn4)CCN(C(=O)N4CCCC4)C5)n3)n21. The Hall–Kier alpha value is -3.53. The molecule has 2 fully saturated rings. The molecule has 186 valence electrons. The maximum Gasteiger partial charge on any atom is 0.320 e. The van der Waals surface area contributed by atoms with Crippen LogP contribution in [-0.4, -0.2) is 66.4 Å². The van der Waals surface area contributed by atoms with Crippen LogP contribution in [0.3, 0.4) is 0 Å². The second-order valence-corrected chi connectivity index (χ2v) is 10.3. The van der Waals surface area contributed by atoms with Gasteiger partial charge in [0.1, 0.15) is 23.4 Å². The number of fused-ring (bicyclic) bond motifs is 2. The van der Waals surface area contributed by atoms with Crippen molar-refractivity contribution in [1.82, 2.24) is 34.5 Å². The summed E-state index contributed by atoms with van der Waals surface area (Å²) in [6.07, 6.45) is 6.73. The molecule has 3 aromatic heterocycles. The molecule has 1 N–H and O–H groups in total. The number of carbonyl (C=O) groups is 1. The molecule has 2 unspecified atom stereocenters. The van der Waals surface area contributed by atoms with Crippen molar-refractivity contribution in [3.63, 3.8) is 0 Å². The van der Waals surface area contributed by atoms with Gasteiger partial charge >= 0.3 is 6.03 Å². The lowest BCUT2D eigenvalue weighted by atomic mass is 10.0. The molecule has 2 saturated heterocycles. The number of aryl methyl sites for hydroxylation is 1. The van der Waals surface area contributed by atoms with Gasteiger partial charge in [-0.3, -0.25) is 4.98 Å². The van der Waals surface area contributed by atoms with Crippen molar-refractivity contribution in [1.29, 1.82) is 0 Å². The Bertz CT molecular complexity index is 1320. The Morgan fingerprint density at radius 2 is 1.97 bits per heavy atom. The topological polar surface area (TPSA) is 105 Å². The highest BCUT2D eigenvalue weighted by Crippen LogP contribution is 2.39. The molecule has 10 heteroatoms. The first-order valence-corrected chi connectivity index (χ1v) is 13.0. The van der Waals surface area contributed by atoms with Crippen LogP contribution in [0.4, 0.5) is 10.6 Å². The molecule has 2 amide bonds. The summed E-state index contributed by atoms with van der Waals surface area (Å²) in [4.78, 5) is 26.3. The third-order valence-electron chi connectivity index (χ3n) is 7.81. The summed E-state index contributed by atoms with van der Waals surface area (Å²) in [5.41, 5.74) is 4.09. The van der Waals surface area contributed by atoms with Crippen LogP contribution in [0.5, 0.6) is 0 Å². The first kappa shape index (κ1) is 21.7. The molecule has 0 radical (unpaired) electrons. The molecule has 3 aromatic rings. The van der Waals surface area contributed by atoms with Crippen molar-refractivity contribution in [2.75, 3.05) is 25.0 Å². The Balaban J connectivity index is 1.04. The van der Waals surface area contributed by atoms with Crippen LogP contribution in [0.2, 0.25) is 0 Å². The summed E-state index contributed by atoms with van der Waals surface area (Å²) < 4.78 is 8.13. The average molecular weight is 487 g/mol. The van der Waals surface area contributed by atoms with E-state index in [1.807, 2.05) is 34.2 Å². The number of rotatable bonds is 4. The van der Waals surface area contributed by atoms with Gasteiger partial charge in [-0.1, -0.05) is 6.07 Å². The smallest absolute Gasteiger partial charge is 0.320 e. The number of aromatic nitrogens is 5. The van der Waals surface area contributed by atoms with E-state index >= 15 is 0 Å². The van der Waals surface area contributed by atoms with Gasteiger partial charge in [0.15, 0.2) is 12.1 Å². The van der Waals surface area contributed by atoms with Gasteiger partial charge in [-0.05, 0) is 61.9 Å². The molecule has 4 aliphatic rings. The highest BCUT2D eigenvalue weighted by molar-refractivity contribution is 5.75. The van der Waals surface area contributed by atoms with E-state index in [9.17, 15) is 4.79 Å². The predicted molar refractivity (Wildman–Crippen MR) is 132 cm³/mol. The molecule has 7 heterocycles. The normalized spacial score (nSPS) is 24.5. The van der Waals surface area contributed by atoms with Crippen molar-refractivity contribution in [2.24, 2.45) is 0 Å². The van der Waals surface area contributed by atoms with Crippen LogP contribution in [0.15, 0.2) is 30.5 Å². The fourth-order valence-electron chi connectivity index (χ4n) is 5.72. The molecule has 10 nitrogen and oxygen atoms in total. The Morgan fingerprint density at radius 1 is 1.08 bits per heavy atom. The zero-order valence-corrected chi connectivity index (χ0v) is 20.4. The molecule has 0 bridgehead atoms. The third-order valence-corrected chi connectivity index (χ3v) is 7.81. The van der Waals surface area contributed by atoms with Gasteiger partial charge in [-0.15, -0.1) is 10.2 Å². The van der Waals surface area contributed by atoms with E-state index in [1.165, 1.54) is 11.1 Å². The van der Waals surface area contributed by atoms with E-state index < -0.39 is 0 Å². The molecule has 0 saturated carbocycles. The molecule has 4 aliphatic heterocycles. The monoisotopic (exact) mass is 486 g/mol. The molecule has 0 aliphatic carbocycles. The number of carbonyl (C=O) groups excluding carboxylic acids is 1. The lowest BCUT2D eigenvalue weighted by molar-refractivity contribution is 0.157. The van der Waals surface area contributed by atoms with E-state index in [0.717, 1.165) is 80.6 Å². The average Bonchev–Trinajstić information content (AvgIpc) is 3.27. The number of hydrogen-bond donors (Lipinski definition) is 1. The molecule has 0 aromatic carbocycles. The van der Waals surface area contributed by atoms with Gasteiger partial charge in [0, 0.05) is 44.8 Å². The standard InChI is InChI=1S/C26H30N8O2/c1-16-7-8-22-30-31-24(34(16)22)19-5-4-6-21(28-19)29-25-23(36-25)20-13-18-15-33(12-9-17(18)14-27-20)26(35)32-10-2-3-11-32/h4-6,13-14,16,23,25H,2-3,7-12,15H2,1H3,(H,28,29)/t16-,23?,25?/m0/s1. The van der Waals surface area contributed by atoms with E-state index in [1.54, 1.807) is 0 Å². The molecule has 36 heavy (non-hydrogen) atoms. The highest BCUT2D eigenvalue weighted by Gasteiger charge is 2.42. The molecule has 3 atom stereocenters. The van der Waals surface area contributed by atoms with E-state index in [2.05, 4.69) is 38.1 Å². The number of ether oxygens (including phenoxy) is 1. The summed E-state index contributed by atoms with van der Waals surface area (Å²) in [6.45, 7) is 5.34. The van der Waals surface area contributed by atoms with Crippen molar-refractivity contribution >= 4 is 11.8 Å². The molecular weight excluding hydrogens is 456 g/mol. The first-order valence-electron chi connectivity index (χ1n) is 13.0. The minimum absolute atomic E-state index is 0.136. The van der Waals surface area contributed by atoms with Gasteiger partial charge in [0.05, 0.1) is 5.69 Å². The van der Waals surface area contributed by atoms with Crippen molar-refractivity contribution in [3.05, 3.63) is 53.1 Å². The van der Waals surface area contributed by atoms with Crippen molar-refractivity contribution in [3.8, 4) is 11.5 Å². The number of epoxide rings is 1. The summed E-state index contributed by atoms with van der Waals surface area (Å²) in [5, 5.41) is 12.1. The van der Waals surface area contributed by atoms with Gasteiger partial charge in [0.25, 0.3) is 0 Å². The largest absolute Gasteiger partial charge is 0.342 e. The number of urea groups is 1. The van der Waals surface area contributed by atoms with E-state index in [-0.39, 0.29) is 18.4 Å². The Morgan fingerprint density at radius 3 is 2.86 bits per heavy atom. The second-order valence-electron chi connectivity index (χ2n) is 10.3. The third kappa shape index (κ3) is 3.80. The Labute approximate surface area is 209 Å². The number of hydrogen-bond acceptors (Lipinski definition) is 7. The lowest BCUT2D eigenvalue weighted by Gasteiger charge is -2.32. The summed E-state index contributed by atoms with van der Waals surface area (Å²) in [5.74, 6) is 2.59. The quantitative estimate of drug-likeness (QED) is 0.564. The van der Waals surface area contributed by atoms with Crippen LogP contribution >= 0.6 is 0 Å². The number of nitrogens with one attached hydrogen (secondary N) is 1. The molecular formula is C26H30N8O2. The number of nitrogens with zero attached hydrogens (tertiary/aromatic N) is 7. The number of amides is 2. The minimum atomic E-state index is -0.188. The fourth-order valence-corrected chi connectivity index (χ4v) is 5.72. The highest BCUT2D eigenvalue weighted by atomic mass is 16.6. The van der Waals surface area contributed by atoms with Gasteiger partial charge in [-0.25, -0.2) is 9.78 Å². The van der Waals surface area contributed by atoms with Gasteiger partial charge in [0.2, 0.25) is 0 Å². The van der Waals surface area contributed by atoms with Crippen LogP contribution in [-0.2, 0) is 24.1 Å². The maximum atomic E-state index is 12.9. The number of pyridine rings is 2. The number of anilines is 1. The van der Waals surface area contributed by atoms with E-state index in [4.69, 9.17) is 9.72 Å². The summed E-state index contributed by atoms with van der Waals surface area (Å²) in [7, 11) is 0. The van der Waals surface area contributed by atoms with Crippen molar-refractivity contribution in [2.45, 2.75) is 63.9 Å². The predicted octanol–water partition coefficient (Wildman–Crippen LogP) is 3.33. The summed E-state index contributed by atoms with van der Waals surface area (Å²) in [6, 6.07) is 8.55. The first-order chi connectivity index (χ1) is 17.6. The van der Waals surface area contributed by atoms with Crippen molar-refractivity contribution < 1.29 is 9.53 Å². The number of likely N-dealkylation sites (tertiary alicyclic amines) is 1. The van der Waals surface area contributed by atoms with Gasteiger partial charge in [-0.2, -0.15) is 0 Å². The maximum absolute atomic E-state index is 12.9. The minimum Gasteiger partial charge on any atom is -0.342 e. The van der Waals surface area contributed by atoms with Crippen LogP contribution in [0, 0.1) is 0 Å². The zero-order valence-electron chi connectivity index (χ0n) is 20.4.